The van der Waals surface area contributed by atoms with Gasteiger partial charge in [0.1, 0.15) is 11.6 Å². The molecule has 0 fully saturated rings. The summed E-state index contributed by atoms with van der Waals surface area (Å²) in [6, 6.07) is 2.80. The highest BCUT2D eigenvalue weighted by molar-refractivity contribution is 5.31. The largest absolute Gasteiger partial charge is 0.435 e. The van der Waals surface area contributed by atoms with Crippen molar-refractivity contribution in [2.45, 2.75) is 19.6 Å². The molecule has 78 valence electrons. The van der Waals surface area contributed by atoms with Crippen LogP contribution >= 0.6 is 0 Å². The Morgan fingerprint density at radius 3 is 2.50 bits per heavy atom. The van der Waals surface area contributed by atoms with Gasteiger partial charge < -0.3 is 10.5 Å². The minimum Gasteiger partial charge on any atom is -0.435 e. The summed E-state index contributed by atoms with van der Waals surface area (Å²) < 4.78 is 40.8. The van der Waals surface area contributed by atoms with E-state index in [0.29, 0.717) is 0 Å². The molecule has 0 amide bonds. The Morgan fingerprint density at radius 2 is 2.00 bits per heavy atom. The van der Waals surface area contributed by atoms with E-state index >= 15 is 0 Å². The molecule has 1 unspecified atom stereocenters. The lowest BCUT2D eigenvalue weighted by Crippen LogP contribution is -2.09. The number of nitrogens with two attached hydrogens (primary N) is 1. The maximum Gasteiger partial charge on any atom is 0.387 e. The van der Waals surface area contributed by atoms with Crippen LogP contribution in [0.15, 0.2) is 18.2 Å². The summed E-state index contributed by atoms with van der Waals surface area (Å²) in [6.07, 6.45) is 0. The number of rotatable bonds is 3. The van der Waals surface area contributed by atoms with Crippen LogP contribution < -0.4 is 10.5 Å². The van der Waals surface area contributed by atoms with E-state index in [4.69, 9.17) is 5.73 Å². The lowest BCUT2D eigenvalue weighted by molar-refractivity contribution is -0.0499. The molecular weight excluding hydrogens is 195 g/mol. The van der Waals surface area contributed by atoms with Gasteiger partial charge in [-0.05, 0) is 25.1 Å². The van der Waals surface area contributed by atoms with Gasteiger partial charge in [-0.2, -0.15) is 8.78 Å². The summed E-state index contributed by atoms with van der Waals surface area (Å²) in [5, 5.41) is 0. The second-order valence-electron chi connectivity index (χ2n) is 2.85. The number of hydrogen-bond donors (Lipinski definition) is 1. The smallest absolute Gasteiger partial charge is 0.387 e. The maximum atomic E-state index is 13.0. The van der Waals surface area contributed by atoms with Gasteiger partial charge in [-0.15, -0.1) is 0 Å². The third kappa shape index (κ3) is 2.63. The van der Waals surface area contributed by atoms with Crippen LogP contribution in [0.5, 0.6) is 5.75 Å². The number of ether oxygens (including phenoxy) is 1. The molecule has 0 aromatic heterocycles. The number of halogens is 3. The predicted octanol–water partition coefficient (Wildman–Crippen LogP) is 2.45. The second-order valence-corrected chi connectivity index (χ2v) is 2.85. The molecule has 0 saturated heterocycles. The van der Waals surface area contributed by atoms with Gasteiger partial charge in [-0.3, -0.25) is 0 Å². The quantitative estimate of drug-likeness (QED) is 0.822. The zero-order valence-electron chi connectivity index (χ0n) is 7.51. The number of benzene rings is 1. The number of hydrogen-bond acceptors (Lipinski definition) is 2. The van der Waals surface area contributed by atoms with E-state index in [1.807, 2.05) is 0 Å². The van der Waals surface area contributed by atoms with E-state index in [0.717, 1.165) is 12.1 Å². The Labute approximate surface area is 79.5 Å². The molecule has 1 rings (SSSR count). The van der Waals surface area contributed by atoms with Crippen LogP contribution in [0.1, 0.15) is 18.5 Å². The first-order chi connectivity index (χ1) is 6.50. The van der Waals surface area contributed by atoms with Crippen molar-refractivity contribution in [2.24, 2.45) is 5.73 Å². The van der Waals surface area contributed by atoms with Crippen LogP contribution in [0.2, 0.25) is 0 Å². The van der Waals surface area contributed by atoms with Crippen LogP contribution in [-0.4, -0.2) is 6.61 Å². The van der Waals surface area contributed by atoms with E-state index in [-0.39, 0.29) is 11.3 Å². The summed E-state index contributed by atoms with van der Waals surface area (Å²) in [4.78, 5) is 0. The van der Waals surface area contributed by atoms with E-state index in [9.17, 15) is 13.2 Å². The highest BCUT2D eigenvalue weighted by Gasteiger charge is 2.10. The number of alkyl halides is 2. The predicted molar refractivity (Wildman–Crippen MR) is 45.6 cm³/mol. The van der Waals surface area contributed by atoms with Crippen LogP contribution in [0, 0.1) is 5.82 Å². The Bertz CT molecular complexity index is 315. The van der Waals surface area contributed by atoms with Gasteiger partial charge in [0.25, 0.3) is 0 Å². The molecule has 14 heavy (non-hydrogen) atoms. The van der Waals surface area contributed by atoms with Gasteiger partial charge in [0, 0.05) is 11.6 Å². The lowest BCUT2D eigenvalue weighted by Gasteiger charge is -2.10. The van der Waals surface area contributed by atoms with Gasteiger partial charge in [0.2, 0.25) is 0 Å². The van der Waals surface area contributed by atoms with E-state index in [1.165, 1.54) is 6.07 Å². The lowest BCUT2D eigenvalue weighted by atomic mass is 10.1. The Kier molecular flexibility index (Phi) is 3.35. The minimum atomic E-state index is -2.92. The molecule has 0 heterocycles. The fourth-order valence-corrected chi connectivity index (χ4v) is 1.05. The molecule has 0 bridgehead atoms. The summed E-state index contributed by atoms with van der Waals surface area (Å²) in [5.74, 6) is -0.615. The Morgan fingerprint density at radius 1 is 1.36 bits per heavy atom. The molecule has 0 aliphatic rings. The molecule has 1 atom stereocenters. The first-order valence-corrected chi connectivity index (χ1v) is 4.00. The van der Waals surface area contributed by atoms with Crippen molar-refractivity contribution in [3.63, 3.8) is 0 Å². The Balaban J connectivity index is 2.94. The van der Waals surface area contributed by atoms with Crippen molar-refractivity contribution >= 4 is 0 Å². The van der Waals surface area contributed by atoms with Crippen molar-refractivity contribution in [1.82, 2.24) is 0 Å². The fourth-order valence-electron chi connectivity index (χ4n) is 1.05. The third-order valence-electron chi connectivity index (χ3n) is 1.68. The summed E-state index contributed by atoms with van der Waals surface area (Å²) in [5.41, 5.74) is 5.59. The average Bonchev–Trinajstić information content (AvgIpc) is 2.07. The zero-order chi connectivity index (χ0) is 10.7. The molecule has 1 aromatic rings. The molecule has 2 nitrogen and oxygen atoms in total. The topological polar surface area (TPSA) is 35.2 Å². The first-order valence-electron chi connectivity index (χ1n) is 4.00. The van der Waals surface area contributed by atoms with Crippen molar-refractivity contribution in [2.75, 3.05) is 0 Å². The van der Waals surface area contributed by atoms with Crippen LogP contribution in [0.3, 0.4) is 0 Å². The molecule has 0 aliphatic heterocycles. The van der Waals surface area contributed by atoms with Crippen molar-refractivity contribution < 1.29 is 17.9 Å². The fraction of sp³-hybridized carbons (Fsp3) is 0.333. The first kappa shape index (κ1) is 10.8. The normalized spacial score (nSPS) is 13.0. The molecular formula is C9H10F3NO. The highest BCUT2D eigenvalue weighted by atomic mass is 19.3. The molecule has 1 aromatic carbocycles. The van der Waals surface area contributed by atoms with Gasteiger partial charge in [0.05, 0.1) is 0 Å². The summed E-state index contributed by atoms with van der Waals surface area (Å²) in [6.45, 7) is -1.36. The van der Waals surface area contributed by atoms with Crippen molar-refractivity contribution in [3.05, 3.63) is 29.6 Å². The highest BCUT2D eigenvalue weighted by Crippen LogP contribution is 2.22. The van der Waals surface area contributed by atoms with Gasteiger partial charge in [-0.25, -0.2) is 4.39 Å². The molecule has 0 radical (unpaired) electrons. The molecule has 5 heteroatoms. The molecule has 2 N–H and O–H groups in total. The van der Waals surface area contributed by atoms with Crippen LogP contribution in [0.25, 0.3) is 0 Å². The standard InChI is InChI=1S/C9H10F3NO/c1-5(13)7-4-6(14-9(11)12)2-3-8(7)10/h2-5,9H,13H2,1H3. The zero-order valence-corrected chi connectivity index (χ0v) is 7.51. The molecule has 0 saturated carbocycles. The molecule has 0 spiro atoms. The van der Waals surface area contributed by atoms with Crippen molar-refractivity contribution in [3.8, 4) is 5.75 Å². The third-order valence-corrected chi connectivity index (χ3v) is 1.68. The summed E-state index contributed by atoms with van der Waals surface area (Å²) >= 11 is 0. The summed E-state index contributed by atoms with van der Waals surface area (Å²) in [7, 11) is 0. The average molecular weight is 205 g/mol. The van der Waals surface area contributed by atoms with Gasteiger partial charge >= 0.3 is 6.61 Å². The maximum absolute atomic E-state index is 13.0. The van der Waals surface area contributed by atoms with E-state index < -0.39 is 18.5 Å². The SMILES string of the molecule is CC(N)c1cc(OC(F)F)ccc1F. The van der Waals surface area contributed by atoms with Crippen LogP contribution in [-0.2, 0) is 0 Å². The van der Waals surface area contributed by atoms with E-state index in [2.05, 4.69) is 4.74 Å². The monoisotopic (exact) mass is 205 g/mol. The Hall–Kier alpha value is -1.23. The molecule has 0 aliphatic carbocycles. The van der Waals surface area contributed by atoms with Gasteiger partial charge in [0.15, 0.2) is 0 Å². The van der Waals surface area contributed by atoms with Gasteiger partial charge in [-0.1, -0.05) is 0 Å². The van der Waals surface area contributed by atoms with Crippen molar-refractivity contribution in [1.29, 1.82) is 0 Å². The second kappa shape index (κ2) is 4.32. The van der Waals surface area contributed by atoms with Crippen LogP contribution in [0.4, 0.5) is 13.2 Å². The van der Waals surface area contributed by atoms with E-state index in [1.54, 1.807) is 6.92 Å². The minimum absolute atomic E-state index is 0.0892.